The van der Waals surface area contributed by atoms with E-state index in [0.717, 1.165) is 43.8 Å². The molecule has 0 saturated carbocycles. The summed E-state index contributed by atoms with van der Waals surface area (Å²) in [4.78, 5) is 0. The Morgan fingerprint density at radius 1 is 0.356 bits per heavy atom. The molecule has 45 heavy (non-hydrogen) atoms. The Balaban J connectivity index is 1.42. The summed E-state index contributed by atoms with van der Waals surface area (Å²) in [5.41, 5.74) is 11.4. The molecule has 8 aromatic rings. The average molecular weight is 573 g/mol. The van der Waals surface area contributed by atoms with Gasteiger partial charge in [0.15, 0.2) is 0 Å². The van der Waals surface area contributed by atoms with Gasteiger partial charge in [0.1, 0.15) is 0 Å². The third-order valence-electron chi connectivity index (χ3n) is 9.62. The van der Waals surface area contributed by atoms with Crippen LogP contribution in [-0.4, -0.2) is 0 Å². The van der Waals surface area contributed by atoms with Crippen molar-refractivity contribution in [1.29, 1.82) is 0 Å². The van der Waals surface area contributed by atoms with Gasteiger partial charge in [-0.1, -0.05) is 176 Å². The molecule has 1 aliphatic rings. The van der Waals surface area contributed by atoms with E-state index < -0.39 is 5.41 Å². The molecule has 0 heterocycles. The van der Waals surface area contributed by atoms with Crippen LogP contribution in [0.5, 0.6) is 0 Å². The molecule has 0 heteroatoms. The van der Waals surface area contributed by atoms with Gasteiger partial charge in [-0.05, 0) is 83.2 Å². The molecule has 0 spiro atoms. The van der Waals surface area contributed by atoms with E-state index in [1.54, 1.807) is 0 Å². The number of benzene rings is 8. The normalized spacial score (nSPS) is 13.7. The minimum atomic E-state index is -0.505. The van der Waals surface area contributed by atoms with Crippen LogP contribution in [-0.2, 0) is 5.41 Å². The van der Waals surface area contributed by atoms with Crippen molar-refractivity contribution < 1.29 is 2.74 Å². The van der Waals surface area contributed by atoms with Crippen molar-refractivity contribution >= 4 is 21.5 Å². The number of hydrogen-bond donors (Lipinski definition) is 0. The van der Waals surface area contributed by atoms with E-state index in [1.807, 2.05) is 30.3 Å². The summed E-state index contributed by atoms with van der Waals surface area (Å²) in [5.74, 6) is 0. The molecule has 0 atom stereocenters. The molecule has 0 saturated heterocycles. The van der Waals surface area contributed by atoms with Gasteiger partial charge < -0.3 is 0 Å². The molecule has 0 fully saturated rings. The van der Waals surface area contributed by atoms with Gasteiger partial charge >= 0.3 is 0 Å². The summed E-state index contributed by atoms with van der Waals surface area (Å²) in [6.45, 7) is 0. The minimum Gasteiger partial charge on any atom is -0.0622 e. The van der Waals surface area contributed by atoms with Crippen molar-refractivity contribution in [3.8, 4) is 33.4 Å². The lowest BCUT2D eigenvalue weighted by Gasteiger charge is -2.34. The van der Waals surface area contributed by atoms with E-state index in [1.165, 1.54) is 33.4 Å². The van der Waals surface area contributed by atoms with Crippen molar-refractivity contribution in [3.63, 3.8) is 0 Å². The Kier molecular flexibility index (Phi) is 5.36. The van der Waals surface area contributed by atoms with E-state index in [2.05, 4.69) is 140 Å². The van der Waals surface area contributed by atoms with Gasteiger partial charge in [0.25, 0.3) is 0 Å². The van der Waals surface area contributed by atoms with Crippen LogP contribution in [0.3, 0.4) is 0 Å². The van der Waals surface area contributed by atoms with Crippen LogP contribution in [0.1, 0.15) is 25.0 Å². The van der Waals surface area contributed by atoms with Crippen molar-refractivity contribution in [2.75, 3.05) is 0 Å². The predicted molar refractivity (Wildman–Crippen MR) is 190 cm³/mol. The van der Waals surface area contributed by atoms with Gasteiger partial charge in [0, 0.05) is 0 Å². The third-order valence-corrected chi connectivity index (χ3v) is 9.62. The number of hydrogen-bond acceptors (Lipinski definition) is 0. The third kappa shape index (κ3) is 3.73. The smallest absolute Gasteiger partial charge is 0.0622 e. The maximum atomic E-state index is 8.72. The molecule has 0 nitrogen and oxygen atoms in total. The number of fused-ring (bicyclic) bond motifs is 5. The first-order valence-corrected chi connectivity index (χ1v) is 15.5. The molecule has 0 aliphatic heterocycles. The average Bonchev–Trinajstić information content (AvgIpc) is 3.42. The second-order valence-corrected chi connectivity index (χ2v) is 11.8. The Labute approximate surface area is 266 Å². The lowest BCUT2D eigenvalue weighted by molar-refractivity contribution is 0.769. The van der Waals surface area contributed by atoms with Crippen molar-refractivity contribution in [2.24, 2.45) is 0 Å². The Bertz CT molecular complexity index is 2420. The molecule has 0 bridgehead atoms. The van der Waals surface area contributed by atoms with Gasteiger partial charge in [-0.25, -0.2) is 0 Å². The van der Waals surface area contributed by atoms with E-state index in [-0.39, 0.29) is 0 Å². The molecule has 9 rings (SSSR count). The second-order valence-electron chi connectivity index (χ2n) is 11.8. The van der Waals surface area contributed by atoms with Gasteiger partial charge in [0.05, 0.1) is 8.16 Å². The van der Waals surface area contributed by atoms with Gasteiger partial charge in [0.2, 0.25) is 0 Å². The van der Waals surface area contributed by atoms with E-state index in [9.17, 15) is 0 Å². The standard InChI is InChI=1S/C45H30/c1-4-16-31(17-5-1)43-37-23-10-12-25-39(37)44(40-26-13-11-24-38(40)43)32-28-29-36-35-22-14-15-27-41(35)45(42(36)30-32,33-18-6-2-7-19-33)34-20-8-3-9-21-34/h1-30H/i10D,13D. The monoisotopic (exact) mass is 572 g/mol. The molecular weight excluding hydrogens is 540 g/mol. The first kappa shape index (κ1) is 23.7. The maximum absolute atomic E-state index is 8.72. The Morgan fingerprint density at radius 2 is 0.844 bits per heavy atom. The van der Waals surface area contributed by atoms with Crippen molar-refractivity contribution in [1.82, 2.24) is 0 Å². The van der Waals surface area contributed by atoms with Crippen LogP contribution < -0.4 is 0 Å². The fraction of sp³-hybridized carbons (Fsp3) is 0.0222. The fourth-order valence-corrected chi connectivity index (χ4v) is 7.83. The second kappa shape index (κ2) is 10.2. The van der Waals surface area contributed by atoms with E-state index in [4.69, 9.17) is 2.74 Å². The fourth-order valence-electron chi connectivity index (χ4n) is 7.83. The molecular formula is C45H30. The highest BCUT2D eigenvalue weighted by Gasteiger charge is 2.46. The summed E-state index contributed by atoms with van der Waals surface area (Å²) in [6.07, 6.45) is 0. The summed E-state index contributed by atoms with van der Waals surface area (Å²) < 4.78 is 17.4. The highest BCUT2D eigenvalue weighted by Crippen LogP contribution is 2.57. The summed E-state index contributed by atoms with van der Waals surface area (Å²) in [6, 6.07) is 60.9. The van der Waals surface area contributed by atoms with Crippen LogP contribution in [0.25, 0.3) is 54.9 Å². The maximum Gasteiger partial charge on any atom is 0.0713 e. The molecule has 1 aliphatic carbocycles. The van der Waals surface area contributed by atoms with Gasteiger partial charge in [-0.15, -0.1) is 0 Å². The first-order valence-electron chi connectivity index (χ1n) is 16.5. The first-order chi connectivity index (χ1) is 23.1. The minimum absolute atomic E-state index is 0.478. The summed E-state index contributed by atoms with van der Waals surface area (Å²) >= 11 is 0. The van der Waals surface area contributed by atoms with Crippen molar-refractivity contribution in [3.05, 3.63) is 204 Å². The van der Waals surface area contributed by atoms with Crippen LogP contribution in [0.2, 0.25) is 0 Å². The van der Waals surface area contributed by atoms with Gasteiger partial charge in [-0.2, -0.15) is 0 Å². The van der Waals surface area contributed by atoms with Crippen LogP contribution in [0, 0.1) is 0 Å². The zero-order valence-electron chi connectivity index (χ0n) is 26.7. The Morgan fingerprint density at radius 3 is 1.47 bits per heavy atom. The number of rotatable bonds is 4. The molecule has 0 N–H and O–H groups in total. The molecule has 0 radical (unpaired) electrons. The van der Waals surface area contributed by atoms with Crippen molar-refractivity contribution in [2.45, 2.75) is 5.41 Å². The predicted octanol–water partition coefficient (Wildman–Crippen LogP) is 11.7. The largest absolute Gasteiger partial charge is 0.0713 e. The van der Waals surface area contributed by atoms with Gasteiger partial charge in [-0.3, -0.25) is 0 Å². The summed E-state index contributed by atoms with van der Waals surface area (Å²) in [5, 5.41) is 4.26. The zero-order valence-corrected chi connectivity index (χ0v) is 24.7. The summed E-state index contributed by atoms with van der Waals surface area (Å²) in [7, 11) is 0. The quantitative estimate of drug-likeness (QED) is 0.184. The molecule has 8 aromatic carbocycles. The molecule has 0 aromatic heterocycles. The molecule has 0 amide bonds. The highest BCUT2D eigenvalue weighted by atomic mass is 14.5. The topological polar surface area (TPSA) is 0 Å². The molecule has 210 valence electrons. The molecule has 0 unspecified atom stereocenters. The highest BCUT2D eigenvalue weighted by molar-refractivity contribution is 6.21. The Hall–Kier alpha value is -5.72. The SMILES string of the molecule is [2H]c1ccc2c(-c3ccc4c(c3)C(c3ccccc3)(c3ccccc3)c3ccccc3-4)c3cc([2H])ccc3c(-c3ccccc3)c2c1. The van der Waals surface area contributed by atoms with Crippen LogP contribution in [0.4, 0.5) is 0 Å². The van der Waals surface area contributed by atoms with Crippen LogP contribution >= 0.6 is 0 Å². The zero-order chi connectivity index (χ0) is 31.5. The van der Waals surface area contributed by atoms with E-state index in [0.29, 0.717) is 12.1 Å². The lowest BCUT2D eigenvalue weighted by atomic mass is 9.67. The lowest BCUT2D eigenvalue weighted by Crippen LogP contribution is -2.28. The van der Waals surface area contributed by atoms with Crippen LogP contribution in [0.15, 0.2) is 182 Å². The van der Waals surface area contributed by atoms with E-state index >= 15 is 0 Å².